The number of nitrogens with one attached hydrogen (secondary N) is 2. The van der Waals surface area contributed by atoms with Crippen LogP contribution in [-0.2, 0) is 16.0 Å². The fourth-order valence-electron chi connectivity index (χ4n) is 5.33. The van der Waals surface area contributed by atoms with Crippen molar-refractivity contribution in [2.24, 2.45) is 0 Å². The van der Waals surface area contributed by atoms with E-state index in [2.05, 4.69) is 65.4 Å². The van der Waals surface area contributed by atoms with E-state index in [1.54, 1.807) is 0 Å². The van der Waals surface area contributed by atoms with Gasteiger partial charge in [0.05, 0.1) is 13.2 Å². The van der Waals surface area contributed by atoms with E-state index in [1.165, 1.54) is 29.3 Å². The van der Waals surface area contributed by atoms with Gasteiger partial charge in [-0.1, -0.05) is 25.1 Å². The summed E-state index contributed by atoms with van der Waals surface area (Å²) in [5.41, 5.74) is 3.75. The molecule has 6 heteroatoms. The standard InChI is InChI=1S/C23H34N4O2/c1-5-16-12-15(24-10-11-26(2)3)13-20-22-18(14-21(27(16)20)23(28)29-4)17-8-6-7-9-19(17)25-22/h6-9,15-16,20-21,24-25H,5,10-14H2,1-4H3/t15-,16+,20+,21-/m0/s1. The molecule has 29 heavy (non-hydrogen) atoms. The number of aromatic nitrogens is 1. The van der Waals surface area contributed by atoms with Crippen LogP contribution in [0.1, 0.15) is 43.5 Å². The second kappa shape index (κ2) is 8.46. The summed E-state index contributed by atoms with van der Waals surface area (Å²) in [5, 5.41) is 5.02. The number of nitrogens with zero attached hydrogens (tertiary/aromatic N) is 2. The van der Waals surface area contributed by atoms with Crippen molar-refractivity contribution in [3.8, 4) is 0 Å². The highest BCUT2D eigenvalue weighted by Gasteiger charge is 2.47. The fourth-order valence-corrected chi connectivity index (χ4v) is 5.33. The van der Waals surface area contributed by atoms with Gasteiger partial charge < -0.3 is 19.9 Å². The maximum atomic E-state index is 12.8. The summed E-state index contributed by atoms with van der Waals surface area (Å²) in [7, 11) is 5.73. The maximum absolute atomic E-state index is 12.8. The van der Waals surface area contributed by atoms with Gasteiger partial charge in [-0.25, -0.2) is 0 Å². The Kier molecular flexibility index (Phi) is 5.95. The molecular weight excluding hydrogens is 364 g/mol. The van der Waals surface area contributed by atoms with Gasteiger partial charge in [-0.05, 0) is 45.0 Å². The van der Waals surface area contributed by atoms with E-state index < -0.39 is 0 Å². The molecule has 0 bridgehead atoms. The molecule has 1 aromatic carbocycles. The number of benzene rings is 1. The molecule has 0 spiro atoms. The number of hydrogen-bond donors (Lipinski definition) is 2. The lowest BCUT2D eigenvalue weighted by Gasteiger charge is -2.50. The van der Waals surface area contributed by atoms with Crippen molar-refractivity contribution in [1.82, 2.24) is 20.1 Å². The number of ether oxygens (including phenoxy) is 1. The number of methoxy groups -OCH3 is 1. The van der Waals surface area contributed by atoms with Crippen molar-refractivity contribution < 1.29 is 9.53 Å². The summed E-state index contributed by atoms with van der Waals surface area (Å²) in [6, 6.07) is 9.29. The number of likely N-dealkylation sites (N-methyl/N-ethyl adjacent to an activating group) is 1. The van der Waals surface area contributed by atoms with E-state index in [0.29, 0.717) is 12.1 Å². The first-order valence-electron chi connectivity index (χ1n) is 10.9. The number of H-pyrrole nitrogens is 1. The van der Waals surface area contributed by atoms with Gasteiger partial charge >= 0.3 is 5.97 Å². The van der Waals surface area contributed by atoms with Crippen LogP contribution < -0.4 is 5.32 Å². The topological polar surface area (TPSA) is 60.6 Å². The van der Waals surface area contributed by atoms with Crippen LogP contribution in [0.3, 0.4) is 0 Å². The molecule has 2 aromatic rings. The van der Waals surface area contributed by atoms with E-state index in [-0.39, 0.29) is 18.1 Å². The minimum atomic E-state index is -0.204. The van der Waals surface area contributed by atoms with Crippen molar-refractivity contribution >= 4 is 16.9 Å². The molecule has 4 rings (SSSR count). The van der Waals surface area contributed by atoms with Crippen LogP contribution in [0.2, 0.25) is 0 Å². The zero-order valence-electron chi connectivity index (χ0n) is 18.1. The maximum Gasteiger partial charge on any atom is 0.323 e. The Morgan fingerprint density at radius 2 is 2.10 bits per heavy atom. The van der Waals surface area contributed by atoms with E-state index in [9.17, 15) is 4.79 Å². The summed E-state index contributed by atoms with van der Waals surface area (Å²) >= 11 is 0. The predicted octanol–water partition coefficient (Wildman–Crippen LogP) is 2.70. The molecule has 1 aromatic heterocycles. The highest BCUT2D eigenvalue weighted by atomic mass is 16.5. The predicted molar refractivity (Wildman–Crippen MR) is 116 cm³/mol. The Morgan fingerprint density at radius 3 is 2.83 bits per heavy atom. The van der Waals surface area contributed by atoms with Crippen molar-refractivity contribution in [3.05, 3.63) is 35.5 Å². The van der Waals surface area contributed by atoms with Crippen molar-refractivity contribution in [2.45, 2.75) is 56.8 Å². The second-order valence-corrected chi connectivity index (χ2v) is 8.76. The first-order valence-corrected chi connectivity index (χ1v) is 10.9. The molecule has 1 saturated heterocycles. The summed E-state index contributed by atoms with van der Waals surface area (Å²) < 4.78 is 5.24. The number of rotatable bonds is 6. The average Bonchev–Trinajstić information content (AvgIpc) is 3.10. The lowest BCUT2D eigenvalue weighted by atomic mass is 9.81. The van der Waals surface area contributed by atoms with Crippen molar-refractivity contribution in [3.63, 3.8) is 0 Å². The molecule has 0 radical (unpaired) electrons. The molecule has 1 fully saturated rings. The molecule has 6 nitrogen and oxygen atoms in total. The zero-order chi connectivity index (χ0) is 20.5. The lowest BCUT2D eigenvalue weighted by molar-refractivity contribution is -0.151. The molecule has 0 amide bonds. The van der Waals surface area contributed by atoms with Crippen LogP contribution in [0.25, 0.3) is 10.9 Å². The molecular formula is C23H34N4O2. The first kappa shape index (κ1) is 20.4. The molecule has 2 aliphatic rings. The van der Waals surface area contributed by atoms with E-state index in [4.69, 9.17) is 4.74 Å². The molecule has 2 aliphatic heterocycles. The smallest absolute Gasteiger partial charge is 0.323 e. The number of aromatic amines is 1. The summed E-state index contributed by atoms with van der Waals surface area (Å²) in [6.07, 6.45) is 3.84. The third kappa shape index (κ3) is 3.81. The van der Waals surface area contributed by atoms with Crippen molar-refractivity contribution in [2.75, 3.05) is 34.3 Å². The van der Waals surface area contributed by atoms with Crippen LogP contribution in [0.5, 0.6) is 0 Å². The van der Waals surface area contributed by atoms with Gasteiger partial charge in [0.15, 0.2) is 0 Å². The van der Waals surface area contributed by atoms with Crippen LogP contribution >= 0.6 is 0 Å². The molecule has 4 atom stereocenters. The minimum Gasteiger partial charge on any atom is -0.468 e. The van der Waals surface area contributed by atoms with E-state index >= 15 is 0 Å². The van der Waals surface area contributed by atoms with Crippen LogP contribution in [0, 0.1) is 0 Å². The minimum absolute atomic E-state index is 0.108. The van der Waals surface area contributed by atoms with Gasteiger partial charge in [-0.15, -0.1) is 0 Å². The highest BCUT2D eigenvalue weighted by molar-refractivity contribution is 5.87. The SMILES string of the molecule is CC[C@@H]1C[C@H](NCCN(C)C)C[C@@H]2c3[nH]c4ccccc4c3C[C@@H](C(=O)OC)N12. The Bertz CT molecular complexity index is 862. The monoisotopic (exact) mass is 398 g/mol. The Hall–Kier alpha value is -1.89. The number of carbonyl (C=O) groups excluding carboxylic acids is 1. The Balaban J connectivity index is 1.70. The highest BCUT2D eigenvalue weighted by Crippen LogP contribution is 2.44. The molecule has 0 saturated carbocycles. The normalized spacial score (nSPS) is 27.1. The van der Waals surface area contributed by atoms with Gasteiger partial charge in [0.1, 0.15) is 6.04 Å². The second-order valence-electron chi connectivity index (χ2n) is 8.76. The molecule has 158 valence electrons. The van der Waals surface area contributed by atoms with Gasteiger partial charge in [-0.3, -0.25) is 9.69 Å². The Labute approximate surface area is 173 Å². The number of esters is 1. The zero-order valence-corrected chi connectivity index (χ0v) is 18.1. The van der Waals surface area contributed by atoms with Gasteiger partial charge in [0.25, 0.3) is 0 Å². The summed E-state index contributed by atoms with van der Waals surface area (Å²) in [4.78, 5) is 21.2. The fraction of sp³-hybridized carbons (Fsp3) is 0.609. The van der Waals surface area contributed by atoms with E-state index in [1.807, 2.05) is 0 Å². The third-order valence-corrected chi connectivity index (χ3v) is 6.72. The van der Waals surface area contributed by atoms with Crippen LogP contribution in [0.15, 0.2) is 24.3 Å². The first-order chi connectivity index (χ1) is 14.0. The third-order valence-electron chi connectivity index (χ3n) is 6.72. The number of fused-ring (bicyclic) bond motifs is 5. The van der Waals surface area contributed by atoms with Gasteiger partial charge in [-0.2, -0.15) is 0 Å². The van der Waals surface area contributed by atoms with Crippen molar-refractivity contribution in [1.29, 1.82) is 0 Å². The van der Waals surface area contributed by atoms with Gasteiger partial charge in [0, 0.05) is 48.2 Å². The summed E-state index contributed by atoms with van der Waals surface area (Å²) in [5.74, 6) is -0.108. The number of piperidine rings is 1. The molecule has 2 N–H and O–H groups in total. The van der Waals surface area contributed by atoms with Gasteiger partial charge in [0.2, 0.25) is 0 Å². The molecule has 0 unspecified atom stereocenters. The number of carbonyl (C=O) groups is 1. The largest absolute Gasteiger partial charge is 0.468 e. The van der Waals surface area contributed by atoms with E-state index in [0.717, 1.165) is 38.8 Å². The number of para-hydroxylation sites is 1. The lowest BCUT2D eigenvalue weighted by Crippen LogP contribution is -2.59. The number of hydrogen-bond acceptors (Lipinski definition) is 5. The Morgan fingerprint density at radius 1 is 1.31 bits per heavy atom. The quantitative estimate of drug-likeness (QED) is 0.733. The average molecular weight is 399 g/mol. The summed E-state index contributed by atoms with van der Waals surface area (Å²) in [6.45, 7) is 4.25. The van der Waals surface area contributed by atoms with Crippen LogP contribution in [-0.4, -0.2) is 73.2 Å². The van der Waals surface area contributed by atoms with Crippen LogP contribution in [0.4, 0.5) is 0 Å². The molecule has 3 heterocycles. The molecule has 0 aliphatic carbocycles.